The summed E-state index contributed by atoms with van der Waals surface area (Å²) < 4.78 is 12.0. The first-order valence-corrected chi connectivity index (χ1v) is 6.80. The molecule has 5 heteroatoms. The van der Waals surface area contributed by atoms with Gasteiger partial charge in [-0.2, -0.15) is 0 Å². The minimum Gasteiger partial charge on any atom is -0.388 e. The van der Waals surface area contributed by atoms with Crippen LogP contribution in [-0.2, 0) is 0 Å². The molecule has 0 spiro atoms. The first-order chi connectivity index (χ1) is 9.74. The fourth-order valence-corrected chi connectivity index (χ4v) is 2.23. The van der Waals surface area contributed by atoms with Crippen LogP contribution in [-0.4, -0.2) is 44.3 Å². The van der Waals surface area contributed by atoms with E-state index in [4.69, 9.17) is 0 Å². The summed E-state index contributed by atoms with van der Waals surface area (Å²) in [5, 5.41) is 5.63. The number of alkyl halides is 1. The van der Waals surface area contributed by atoms with E-state index >= 15 is 0 Å². The van der Waals surface area contributed by atoms with E-state index in [0.29, 0.717) is 13.1 Å². The van der Waals surface area contributed by atoms with E-state index < -0.39 is 6.67 Å². The predicted molar refractivity (Wildman–Crippen MR) is 79.5 cm³/mol. The Balaban J connectivity index is 1.96. The average Bonchev–Trinajstić information content (AvgIpc) is 2.53. The molecule has 2 amide bonds. The van der Waals surface area contributed by atoms with Crippen molar-refractivity contribution >= 4 is 17.3 Å². The number of rotatable bonds is 4. The third kappa shape index (κ3) is 3.50. The number of nitrogens with one attached hydrogen (secondary N) is 2. The molecule has 20 heavy (non-hydrogen) atoms. The van der Waals surface area contributed by atoms with Gasteiger partial charge in [0.15, 0.2) is 0 Å². The molecule has 4 nitrogen and oxygen atoms in total. The summed E-state index contributed by atoms with van der Waals surface area (Å²) in [5.41, 5.74) is 3.52. The van der Waals surface area contributed by atoms with Crippen LogP contribution in [0, 0.1) is 0 Å². The Bertz CT molecular complexity index is 484. The number of amides is 2. The fraction of sp³-hybridized carbons (Fsp3) is 0.400. The molecule has 2 rings (SSSR count). The largest absolute Gasteiger partial charge is 0.388 e. The van der Waals surface area contributed by atoms with Gasteiger partial charge in [0.2, 0.25) is 0 Å². The lowest BCUT2D eigenvalue weighted by Crippen LogP contribution is -2.42. The maximum absolute atomic E-state index is 12.0. The van der Waals surface area contributed by atoms with Crippen molar-refractivity contribution in [1.29, 1.82) is 0 Å². The Kier molecular flexibility index (Phi) is 4.98. The van der Waals surface area contributed by atoms with Gasteiger partial charge in [-0.3, -0.25) is 0 Å². The van der Waals surface area contributed by atoms with E-state index in [-0.39, 0.29) is 12.6 Å². The predicted octanol–water partition coefficient (Wildman–Crippen LogP) is 2.50. The Morgan fingerprint density at radius 1 is 1.35 bits per heavy atom. The molecule has 1 aromatic carbocycles. The second kappa shape index (κ2) is 6.93. The van der Waals surface area contributed by atoms with Gasteiger partial charge in [0.05, 0.1) is 0 Å². The van der Waals surface area contributed by atoms with Crippen molar-refractivity contribution in [3.63, 3.8) is 0 Å². The van der Waals surface area contributed by atoms with E-state index in [0.717, 1.165) is 12.1 Å². The fourth-order valence-electron chi connectivity index (χ4n) is 2.23. The molecule has 0 atom stereocenters. The quantitative estimate of drug-likeness (QED) is 0.888. The zero-order chi connectivity index (χ0) is 14.4. The topological polar surface area (TPSA) is 44.4 Å². The molecule has 1 aliphatic heterocycles. The third-order valence-corrected chi connectivity index (χ3v) is 3.41. The maximum atomic E-state index is 12.0. The van der Waals surface area contributed by atoms with Crippen molar-refractivity contribution in [3.8, 4) is 0 Å². The lowest BCUT2D eigenvalue weighted by molar-refractivity contribution is 0.202. The van der Waals surface area contributed by atoms with Crippen LogP contribution in [0.1, 0.15) is 12.0 Å². The number of hydrogen-bond acceptors (Lipinski definition) is 2. The van der Waals surface area contributed by atoms with Crippen LogP contribution in [0.15, 0.2) is 30.3 Å². The number of carbonyl (C=O) groups is 1. The zero-order valence-electron chi connectivity index (χ0n) is 11.7. The minimum absolute atomic E-state index is 0.0807. The van der Waals surface area contributed by atoms with Gasteiger partial charge in [0.25, 0.3) is 0 Å². The average molecular weight is 277 g/mol. The summed E-state index contributed by atoms with van der Waals surface area (Å²) in [5.74, 6) is 0. The lowest BCUT2D eigenvalue weighted by Gasteiger charge is -2.26. The highest BCUT2D eigenvalue weighted by Gasteiger charge is 2.17. The van der Waals surface area contributed by atoms with Crippen LogP contribution in [0.3, 0.4) is 0 Å². The smallest absolute Gasteiger partial charge is 0.317 e. The zero-order valence-corrected chi connectivity index (χ0v) is 11.7. The number of hydrogen-bond donors (Lipinski definition) is 2. The molecule has 108 valence electrons. The SMILES string of the molecule is CNc1ccc(C2=CCN(C(=O)NCCF)CC2)cc1. The number of benzene rings is 1. The molecule has 0 radical (unpaired) electrons. The summed E-state index contributed by atoms with van der Waals surface area (Å²) in [6, 6.07) is 8.04. The monoisotopic (exact) mass is 277 g/mol. The molecule has 0 aromatic heterocycles. The molecule has 2 N–H and O–H groups in total. The van der Waals surface area contributed by atoms with Crippen LogP contribution in [0.5, 0.6) is 0 Å². The molecule has 1 aromatic rings. The van der Waals surface area contributed by atoms with Crippen LogP contribution in [0.4, 0.5) is 14.9 Å². The van der Waals surface area contributed by atoms with E-state index in [1.807, 2.05) is 19.2 Å². The van der Waals surface area contributed by atoms with Crippen LogP contribution < -0.4 is 10.6 Å². The van der Waals surface area contributed by atoms with Crippen molar-refractivity contribution in [2.24, 2.45) is 0 Å². The highest BCUT2D eigenvalue weighted by atomic mass is 19.1. The van der Waals surface area contributed by atoms with Crippen molar-refractivity contribution in [1.82, 2.24) is 10.2 Å². The maximum Gasteiger partial charge on any atom is 0.317 e. The number of nitrogens with zero attached hydrogens (tertiary/aromatic N) is 1. The summed E-state index contributed by atoms with van der Waals surface area (Å²) in [6.45, 7) is 0.787. The Labute approximate surface area is 118 Å². The van der Waals surface area contributed by atoms with Gasteiger partial charge in [-0.25, -0.2) is 9.18 Å². The molecule has 0 saturated heterocycles. The van der Waals surface area contributed by atoms with Gasteiger partial charge >= 0.3 is 6.03 Å². The van der Waals surface area contributed by atoms with Gasteiger partial charge in [0, 0.05) is 32.4 Å². The van der Waals surface area contributed by atoms with Crippen LogP contribution >= 0.6 is 0 Å². The van der Waals surface area contributed by atoms with Crippen LogP contribution in [0.25, 0.3) is 5.57 Å². The highest BCUT2D eigenvalue weighted by molar-refractivity contribution is 5.76. The molecular weight excluding hydrogens is 257 g/mol. The van der Waals surface area contributed by atoms with Crippen molar-refractivity contribution in [2.75, 3.05) is 38.7 Å². The molecule has 0 bridgehead atoms. The second-order valence-corrected chi connectivity index (χ2v) is 4.67. The summed E-state index contributed by atoms with van der Waals surface area (Å²) >= 11 is 0. The lowest BCUT2D eigenvalue weighted by atomic mass is 9.99. The molecule has 1 heterocycles. The molecule has 0 fully saturated rings. The molecular formula is C15H20FN3O. The van der Waals surface area contributed by atoms with Crippen molar-refractivity contribution in [2.45, 2.75) is 6.42 Å². The number of halogens is 1. The van der Waals surface area contributed by atoms with E-state index in [9.17, 15) is 9.18 Å². The van der Waals surface area contributed by atoms with Gasteiger partial charge in [0.1, 0.15) is 6.67 Å². The Hall–Kier alpha value is -2.04. The number of carbonyl (C=O) groups excluding carboxylic acids is 1. The van der Waals surface area contributed by atoms with Gasteiger partial charge in [-0.05, 0) is 29.7 Å². The normalized spacial score (nSPS) is 14.7. The summed E-state index contributed by atoms with van der Waals surface area (Å²) in [4.78, 5) is 13.4. The second-order valence-electron chi connectivity index (χ2n) is 4.67. The molecule has 0 aliphatic carbocycles. The van der Waals surface area contributed by atoms with Gasteiger partial charge in [-0.1, -0.05) is 18.2 Å². The minimum atomic E-state index is -0.529. The Morgan fingerprint density at radius 2 is 2.10 bits per heavy atom. The summed E-state index contributed by atoms with van der Waals surface area (Å²) in [6.07, 6.45) is 2.88. The van der Waals surface area contributed by atoms with Crippen LogP contribution in [0.2, 0.25) is 0 Å². The highest BCUT2D eigenvalue weighted by Crippen LogP contribution is 2.23. The van der Waals surface area contributed by atoms with Crippen molar-refractivity contribution in [3.05, 3.63) is 35.9 Å². The van der Waals surface area contributed by atoms with E-state index in [2.05, 4.69) is 28.8 Å². The van der Waals surface area contributed by atoms with E-state index in [1.54, 1.807) is 4.90 Å². The van der Waals surface area contributed by atoms with Gasteiger partial charge in [-0.15, -0.1) is 0 Å². The first-order valence-electron chi connectivity index (χ1n) is 6.80. The van der Waals surface area contributed by atoms with Crippen molar-refractivity contribution < 1.29 is 9.18 Å². The third-order valence-electron chi connectivity index (χ3n) is 3.41. The number of anilines is 1. The first kappa shape index (κ1) is 14.4. The molecule has 1 aliphatic rings. The van der Waals surface area contributed by atoms with E-state index in [1.165, 1.54) is 11.1 Å². The Morgan fingerprint density at radius 3 is 2.65 bits per heavy atom. The molecule has 0 saturated carbocycles. The standard InChI is InChI=1S/C15H20FN3O/c1-17-14-4-2-12(3-5-14)13-6-10-19(11-7-13)15(20)18-9-8-16/h2-6,17H,7-11H2,1H3,(H,18,20). The number of urea groups is 1. The summed E-state index contributed by atoms with van der Waals surface area (Å²) in [7, 11) is 1.89. The van der Waals surface area contributed by atoms with Gasteiger partial charge < -0.3 is 15.5 Å². The molecule has 0 unspecified atom stereocenters.